The summed E-state index contributed by atoms with van der Waals surface area (Å²) < 4.78 is 54.2. The highest BCUT2D eigenvalue weighted by Gasteiger charge is 2.23. The highest BCUT2D eigenvalue weighted by molar-refractivity contribution is 7.89. The quantitative estimate of drug-likeness (QED) is 0.463. The van der Waals surface area contributed by atoms with E-state index in [1.165, 1.54) is 44.2 Å². The number of carbonyl (C=O) groups is 2. The van der Waals surface area contributed by atoms with Gasteiger partial charge in [-0.2, -0.15) is 4.72 Å². The van der Waals surface area contributed by atoms with Crippen LogP contribution in [-0.2, 0) is 19.6 Å². The van der Waals surface area contributed by atoms with Crippen LogP contribution < -0.4 is 15.4 Å². The standard InChI is InChI=1S/C21H20F2N4O4S2/c1-11(27-33(30,31)16-7-5-15(6-8-16)24-13(3)28)20(29)26-21-25-19(12(2)32-21)14-4-9-17(22)18(23)10-14/h4-11,27H,1-3H3,(H,24,28)(H,25,26,29)/t11-/m0/s1. The Morgan fingerprint density at radius 3 is 2.30 bits per heavy atom. The molecule has 0 aliphatic heterocycles. The van der Waals surface area contributed by atoms with Crippen molar-refractivity contribution in [3.63, 3.8) is 0 Å². The van der Waals surface area contributed by atoms with E-state index >= 15 is 0 Å². The van der Waals surface area contributed by atoms with Gasteiger partial charge in [0.15, 0.2) is 16.8 Å². The van der Waals surface area contributed by atoms with Crippen LogP contribution in [0.2, 0.25) is 0 Å². The van der Waals surface area contributed by atoms with E-state index in [1.54, 1.807) is 6.92 Å². The Kier molecular flexibility index (Phi) is 7.20. The van der Waals surface area contributed by atoms with Gasteiger partial charge in [0.05, 0.1) is 16.6 Å². The molecule has 33 heavy (non-hydrogen) atoms. The predicted octanol–water partition coefficient (Wildman–Crippen LogP) is 3.66. The predicted molar refractivity (Wildman–Crippen MR) is 121 cm³/mol. The maximum Gasteiger partial charge on any atom is 0.244 e. The van der Waals surface area contributed by atoms with Crippen LogP contribution in [-0.4, -0.2) is 31.3 Å². The van der Waals surface area contributed by atoms with Crippen LogP contribution in [0.5, 0.6) is 0 Å². The number of sulfonamides is 1. The lowest BCUT2D eigenvalue weighted by atomic mass is 10.1. The lowest BCUT2D eigenvalue weighted by molar-refractivity contribution is -0.117. The third-order valence-corrected chi connectivity index (χ3v) is 6.87. The van der Waals surface area contributed by atoms with Crippen molar-refractivity contribution >= 4 is 44.0 Å². The van der Waals surface area contributed by atoms with Gasteiger partial charge in [0.2, 0.25) is 21.8 Å². The summed E-state index contributed by atoms with van der Waals surface area (Å²) >= 11 is 1.11. The Bertz CT molecular complexity index is 1310. The van der Waals surface area contributed by atoms with E-state index < -0.39 is 33.6 Å². The fourth-order valence-corrected chi connectivity index (χ4v) is 4.89. The lowest BCUT2D eigenvalue weighted by Crippen LogP contribution is -2.41. The zero-order valence-corrected chi connectivity index (χ0v) is 19.4. The second-order valence-electron chi connectivity index (χ2n) is 7.09. The molecule has 1 atom stereocenters. The fraction of sp³-hybridized carbons (Fsp3) is 0.190. The molecule has 3 N–H and O–H groups in total. The summed E-state index contributed by atoms with van der Waals surface area (Å²) in [5.74, 6) is -2.94. The molecular formula is C21H20F2N4O4S2. The molecule has 0 fully saturated rings. The number of anilines is 2. The van der Waals surface area contributed by atoms with E-state index in [4.69, 9.17) is 0 Å². The van der Waals surface area contributed by atoms with Gasteiger partial charge in [0.1, 0.15) is 0 Å². The number of benzene rings is 2. The van der Waals surface area contributed by atoms with Crippen LogP contribution in [0.4, 0.5) is 19.6 Å². The molecule has 8 nitrogen and oxygen atoms in total. The van der Waals surface area contributed by atoms with Crippen molar-refractivity contribution < 1.29 is 26.8 Å². The number of hydrogen-bond acceptors (Lipinski definition) is 6. The van der Waals surface area contributed by atoms with Gasteiger partial charge in [0.25, 0.3) is 0 Å². The zero-order chi connectivity index (χ0) is 24.3. The Morgan fingerprint density at radius 1 is 1.03 bits per heavy atom. The molecule has 12 heteroatoms. The minimum absolute atomic E-state index is 0.0815. The molecule has 2 amide bonds. The number of thiazole rings is 1. The first-order valence-electron chi connectivity index (χ1n) is 9.60. The number of aromatic nitrogens is 1. The molecule has 0 radical (unpaired) electrons. The zero-order valence-electron chi connectivity index (χ0n) is 17.8. The largest absolute Gasteiger partial charge is 0.326 e. The molecule has 1 heterocycles. The summed E-state index contributed by atoms with van der Waals surface area (Å²) in [6, 6.07) is 7.70. The van der Waals surface area contributed by atoms with Crippen LogP contribution in [0.1, 0.15) is 18.7 Å². The van der Waals surface area contributed by atoms with E-state index in [-0.39, 0.29) is 15.9 Å². The van der Waals surface area contributed by atoms with E-state index in [0.717, 1.165) is 23.5 Å². The smallest absolute Gasteiger partial charge is 0.244 e. The first-order valence-corrected chi connectivity index (χ1v) is 11.9. The van der Waals surface area contributed by atoms with Crippen molar-refractivity contribution in [1.29, 1.82) is 0 Å². The molecule has 0 bridgehead atoms. The molecule has 3 rings (SSSR count). The molecule has 0 saturated heterocycles. The Hall–Kier alpha value is -3.22. The van der Waals surface area contributed by atoms with Crippen molar-refractivity contribution in [2.45, 2.75) is 31.7 Å². The van der Waals surface area contributed by atoms with Crippen LogP contribution in [0.3, 0.4) is 0 Å². The van der Waals surface area contributed by atoms with Gasteiger partial charge >= 0.3 is 0 Å². The van der Waals surface area contributed by atoms with Gasteiger partial charge in [-0.25, -0.2) is 22.2 Å². The normalized spacial score (nSPS) is 12.3. The summed E-state index contributed by atoms with van der Waals surface area (Å²) in [4.78, 5) is 28.4. The monoisotopic (exact) mass is 494 g/mol. The average Bonchev–Trinajstić information content (AvgIpc) is 3.09. The van der Waals surface area contributed by atoms with E-state index in [2.05, 4.69) is 20.3 Å². The maximum absolute atomic E-state index is 13.5. The van der Waals surface area contributed by atoms with Gasteiger partial charge in [-0.15, -0.1) is 11.3 Å². The number of nitrogens with one attached hydrogen (secondary N) is 3. The molecule has 0 spiro atoms. The minimum atomic E-state index is -4.01. The van der Waals surface area contributed by atoms with E-state index in [9.17, 15) is 26.8 Å². The number of aryl methyl sites for hydroxylation is 1. The molecule has 2 aromatic carbocycles. The number of nitrogens with zero attached hydrogens (tertiary/aromatic N) is 1. The second-order valence-corrected chi connectivity index (χ2v) is 10.0. The molecule has 0 aliphatic carbocycles. The van der Waals surface area contributed by atoms with E-state index in [0.29, 0.717) is 21.8 Å². The first kappa shape index (κ1) is 24.4. The van der Waals surface area contributed by atoms with Gasteiger partial charge in [-0.05, 0) is 56.3 Å². The summed E-state index contributed by atoms with van der Waals surface area (Å²) in [6.07, 6.45) is 0. The van der Waals surface area contributed by atoms with Gasteiger partial charge in [-0.3, -0.25) is 9.59 Å². The molecular weight excluding hydrogens is 474 g/mol. The maximum atomic E-state index is 13.5. The number of hydrogen-bond donors (Lipinski definition) is 3. The Labute approximate surface area is 193 Å². The third-order valence-electron chi connectivity index (χ3n) is 4.43. The van der Waals surface area contributed by atoms with Gasteiger partial charge < -0.3 is 10.6 Å². The summed E-state index contributed by atoms with van der Waals surface area (Å²) in [6.45, 7) is 4.41. The number of carbonyl (C=O) groups excluding carboxylic acids is 2. The molecule has 0 saturated carbocycles. The highest BCUT2D eigenvalue weighted by Crippen LogP contribution is 2.31. The van der Waals surface area contributed by atoms with Crippen molar-refractivity contribution in [2.24, 2.45) is 0 Å². The van der Waals surface area contributed by atoms with E-state index in [1.807, 2.05) is 0 Å². The SMILES string of the molecule is CC(=O)Nc1ccc(S(=O)(=O)N[C@@H](C)C(=O)Nc2nc(-c3ccc(F)c(F)c3)c(C)s2)cc1. The van der Waals surface area contributed by atoms with Gasteiger partial charge in [0, 0.05) is 23.1 Å². The van der Waals surface area contributed by atoms with Crippen LogP contribution in [0.15, 0.2) is 47.4 Å². The topological polar surface area (TPSA) is 117 Å². The van der Waals surface area contributed by atoms with Gasteiger partial charge in [-0.1, -0.05) is 0 Å². The van der Waals surface area contributed by atoms with Crippen molar-refractivity contribution in [3.8, 4) is 11.3 Å². The molecule has 3 aromatic rings. The third kappa shape index (κ3) is 5.97. The lowest BCUT2D eigenvalue weighted by Gasteiger charge is -2.14. The Morgan fingerprint density at radius 2 is 1.70 bits per heavy atom. The second kappa shape index (κ2) is 9.73. The van der Waals surface area contributed by atoms with Crippen LogP contribution in [0, 0.1) is 18.6 Å². The molecule has 1 aromatic heterocycles. The van der Waals surface area contributed by atoms with Crippen molar-refractivity contribution in [3.05, 3.63) is 59.0 Å². The van der Waals surface area contributed by atoms with Crippen molar-refractivity contribution in [2.75, 3.05) is 10.6 Å². The summed E-state index contributed by atoms with van der Waals surface area (Å²) in [7, 11) is -4.01. The van der Waals surface area contributed by atoms with Crippen LogP contribution >= 0.6 is 11.3 Å². The molecule has 0 aliphatic rings. The summed E-state index contributed by atoms with van der Waals surface area (Å²) in [5.41, 5.74) is 1.16. The summed E-state index contributed by atoms with van der Waals surface area (Å²) in [5, 5.41) is 5.24. The number of amides is 2. The first-order chi connectivity index (χ1) is 15.5. The Balaban J connectivity index is 1.69. The minimum Gasteiger partial charge on any atom is -0.326 e. The molecule has 174 valence electrons. The number of halogens is 2. The van der Waals surface area contributed by atoms with Crippen LogP contribution in [0.25, 0.3) is 11.3 Å². The van der Waals surface area contributed by atoms with Crippen molar-refractivity contribution in [1.82, 2.24) is 9.71 Å². The fourth-order valence-electron chi connectivity index (χ4n) is 2.85. The molecule has 0 unspecified atom stereocenters. The number of rotatable bonds is 7. The highest BCUT2D eigenvalue weighted by atomic mass is 32.2. The average molecular weight is 495 g/mol.